The first-order valence-electron chi connectivity index (χ1n) is 9.69. The SMILES string of the molecule is COc1cc(C(=O)C=Cc2cn(-c3ccccc3)nc2-c2cccnc2)ccc1SC. The monoisotopic (exact) mass is 427 g/mol. The number of allylic oxidation sites excluding steroid dienone is 1. The normalized spacial score (nSPS) is 11.0. The molecule has 0 radical (unpaired) electrons. The summed E-state index contributed by atoms with van der Waals surface area (Å²) in [5, 5.41) is 4.74. The van der Waals surface area contributed by atoms with Crippen LogP contribution in [0.2, 0.25) is 0 Å². The summed E-state index contributed by atoms with van der Waals surface area (Å²) in [7, 11) is 1.61. The van der Waals surface area contributed by atoms with Gasteiger partial charge in [0.25, 0.3) is 0 Å². The first-order chi connectivity index (χ1) is 15.2. The molecule has 2 aromatic heterocycles. The molecule has 0 fully saturated rings. The summed E-state index contributed by atoms with van der Waals surface area (Å²) in [6.45, 7) is 0. The molecule has 31 heavy (non-hydrogen) atoms. The van der Waals surface area contributed by atoms with Gasteiger partial charge in [-0.05, 0) is 60.9 Å². The molecule has 0 spiro atoms. The van der Waals surface area contributed by atoms with Gasteiger partial charge in [-0.2, -0.15) is 5.10 Å². The Balaban J connectivity index is 1.69. The van der Waals surface area contributed by atoms with Gasteiger partial charge >= 0.3 is 0 Å². The maximum Gasteiger partial charge on any atom is 0.185 e. The Morgan fingerprint density at radius 1 is 1.10 bits per heavy atom. The van der Waals surface area contributed by atoms with E-state index in [-0.39, 0.29) is 5.78 Å². The number of rotatable bonds is 7. The Morgan fingerprint density at radius 2 is 1.94 bits per heavy atom. The summed E-state index contributed by atoms with van der Waals surface area (Å²) >= 11 is 1.58. The van der Waals surface area contributed by atoms with Crippen molar-refractivity contribution in [2.45, 2.75) is 4.90 Å². The predicted octanol–water partition coefficient (Wildman–Crippen LogP) is 5.56. The highest BCUT2D eigenvalue weighted by Gasteiger charge is 2.12. The lowest BCUT2D eigenvalue weighted by Crippen LogP contribution is -1.96. The minimum atomic E-state index is -0.101. The van der Waals surface area contributed by atoms with Gasteiger partial charge in [-0.1, -0.05) is 18.2 Å². The Bertz CT molecular complexity index is 1220. The van der Waals surface area contributed by atoms with Crippen LogP contribution < -0.4 is 4.74 Å². The van der Waals surface area contributed by atoms with E-state index in [1.807, 2.05) is 71.7 Å². The molecule has 0 N–H and O–H groups in total. The van der Waals surface area contributed by atoms with Crippen molar-refractivity contribution in [2.75, 3.05) is 13.4 Å². The number of pyridine rings is 1. The average molecular weight is 428 g/mol. The second-order valence-electron chi connectivity index (χ2n) is 6.72. The lowest BCUT2D eigenvalue weighted by Gasteiger charge is -2.07. The van der Waals surface area contributed by atoms with Gasteiger partial charge in [0.05, 0.1) is 12.8 Å². The molecule has 0 saturated heterocycles. The van der Waals surface area contributed by atoms with E-state index in [4.69, 9.17) is 9.84 Å². The summed E-state index contributed by atoms with van der Waals surface area (Å²) in [6.07, 6.45) is 10.7. The van der Waals surface area contributed by atoms with E-state index in [9.17, 15) is 4.79 Å². The van der Waals surface area contributed by atoms with Gasteiger partial charge in [0, 0.05) is 40.2 Å². The number of hydrogen-bond donors (Lipinski definition) is 0. The van der Waals surface area contributed by atoms with Crippen LogP contribution in [-0.2, 0) is 0 Å². The van der Waals surface area contributed by atoms with Crippen molar-refractivity contribution in [3.05, 3.63) is 96.5 Å². The van der Waals surface area contributed by atoms with Crippen molar-refractivity contribution >= 4 is 23.6 Å². The third-order valence-corrected chi connectivity index (χ3v) is 5.56. The number of ether oxygens (including phenoxy) is 1. The van der Waals surface area contributed by atoms with E-state index in [0.29, 0.717) is 11.3 Å². The number of nitrogens with zero attached hydrogens (tertiary/aromatic N) is 3. The predicted molar refractivity (Wildman–Crippen MR) is 125 cm³/mol. The molecule has 4 aromatic rings. The van der Waals surface area contributed by atoms with Crippen molar-refractivity contribution in [3.8, 4) is 22.7 Å². The Kier molecular flexibility index (Phi) is 6.29. The first-order valence-corrected chi connectivity index (χ1v) is 10.9. The van der Waals surface area contributed by atoms with Crippen LogP contribution in [0, 0.1) is 0 Å². The number of methoxy groups -OCH3 is 1. The summed E-state index contributed by atoms with van der Waals surface area (Å²) in [6, 6.07) is 19.2. The molecule has 0 aliphatic carbocycles. The maximum atomic E-state index is 12.8. The van der Waals surface area contributed by atoms with Crippen molar-refractivity contribution in [3.63, 3.8) is 0 Å². The molecule has 0 aliphatic heterocycles. The zero-order valence-corrected chi connectivity index (χ0v) is 18.0. The number of benzene rings is 2. The molecule has 4 rings (SSSR count). The molecule has 0 amide bonds. The largest absolute Gasteiger partial charge is 0.496 e. The molecule has 0 aliphatic rings. The minimum Gasteiger partial charge on any atom is -0.496 e. The molecule has 2 heterocycles. The standard InChI is InChI=1S/C25H21N3O2S/c1-30-23-15-18(11-13-24(23)31-2)22(29)12-10-20-17-28(21-8-4-3-5-9-21)27-25(20)19-7-6-14-26-16-19/h3-17H,1-2H3. The zero-order chi connectivity index (χ0) is 21.6. The Labute approximate surface area is 185 Å². The number of thioether (sulfide) groups is 1. The zero-order valence-electron chi connectivity index (χ0n) is 17.2. The molecule has 0 atom stereocenters. The fraction of sp³-hybridized carbons (Fsp3) is 0.0800. The van der Waals surface area contributed by atoms with Crippen molar-refractivity contribution in [1.29, 1.82) is 0 Å². The topological polar surface area (TPSA) is 57.0 Å². The molecule has 5 nitrogen and oxygen atoms in total. The van der Waals surface area contributed by atoms with Gasteiger partial charge in [0.2, 0.25) is 0 Å². The lowest BCUT2D eigenvalue weighted by molar-refractivity contribution is 0.104. The van der Waals surface area contributed by atoms with Gasteiger partial charge in [-0.25, -0.2) is 4.68 Å². The number of ketones is 1. The number of carbonyl (C=O) groups excluding carboxylic acids is 1. The van der Waals surface area contributed by atoms with E-state index in [2.05, 4.69) is 4.98 Å². The molecular formula is C25H21N3O2S. The fourth-order valence-corrected chi connectivity index (χ4v) is 3.75. The molecule has 2 aromatic carbocycles. The highest BCUT2D eigenvalue weighted by Crippen LogP contribution is 2.29. The number of hydrogen-bond acceptors (Lipinski definition) is 5. The van der Waals surface area contributed by atoms with Crippen LogP contribution in [0.25, 0.3) is 23.0 Å². The number of para-hydroxylation sites is 1. The second-order valence-corrected chi connectivity index (χ2v) is 7.57. The van der Waals surface area contributed by atoms with Gasteiger partial charge < -0.3 is 4.74 Å². The summed E-state index contributed by atoms with van der Waals surface area (Å²) in [5.74, 6) is 0.593. The van der Waals surface area contributed by atoms with E-state index < -0.39 is 0 Å². The van der Waals surface area contributed by atoms with Crippen molar-refractivity contribution in [2.24, 2.45) is 0 Å². The van der Waals surface area contributed by atoms with E-state index in [0.717, 1.165) is 27.4 Å². The molecule has 0 saturated carbocycles. The van der Waals surface area contributed by atoms with Crippen LogP contribution in [0.1, 0.15) is 15.9 Å². The molecule has 0 bridgehead atoms. The van der Waals surface area contributed by atoms with Gasteiger partial charge in [-0.3, -0.25) is 9.78 Å². The van der Waals surface area contributed by atoms with Gasteiger partial charge in [0.15, 0.2) is 5.78 Å². The van der Waals surface area contributed by atoms with Crippen LogP contribution in [0.5, 0.6) is 5.75 Å². The van der Waals surface area contributed by atoms with E-state index >= 15 is 0 Å². The van der Waals surface area contributed by atoms with Gasteiger partial charge in [0.1, 0.15) is 11.4 Å². The number of carbonyl (C=O) groups is 1. The highest BCUT2D eigenvalue weighted by atomic mass is 32.2. The summed E-state index contributed by atoms with van der Waals surface area (Å²) in [5.41, 5.74) is 3.99. The molecule has 154 valence electrons. The van der Waals surface area contributed by atoms with Crippen LogP contribution in [0.4, 0.5) is 0 Å². The molecule has 6 heteroatoms. The average Bonchev–Trinajstić information content (AvgIpc) is 3.27. The maximum absolute atomic E-state index is 12.8. The first kappa shape index (κ1) is 20.6. The van der Waals surface area contributed by atoms with Crippen molar-refractivity contribution in [1.82, 2.24) is 14.8 Å². The summed E-state index contributed by atoms with van der Waals surface area (Å²) < 4.78 is 7.21. The van der Waals surface area contributed by atoms with Crippen LogP contribution in [-0.4, -0.2) is 33.9 Å². The summed E-state index contributed by atoms with van der Waals surface area (Å²) in [4.78, 5) is 18.0. The number of aromatic nitrogens is 3. The Hall–Kier alpha value is -3.64. The van der Waals surface area contributed by atoms with Crippen LogP contribution >= 0.6 is 11.8 Å². The Morgan fingerprint density at radius 3 is 2.65 bits per heavy atom. The molecular weight excluding hydrogens is 406 g/mol. The van der Waals surface area contributed by atoms with Crippen LogP contribution in [0.3, 0.4) is 0 Å². The minimum absolute atomic E-state index is 0.101. The lowest BCUT2D eigenvalue weighted by atomic mass is 10.1. The van der Waals surface area contributed by atoms with Crippen molar-refractivity contribution < 1.29 is 9.53 Å². The third kappa shape index (κ3) is 4.59. The third-order valence-electron chi connectivity index (χ3n) is 4.78. The fourth-order valence-electron chi connectivity index (χ4n) is 3.20. The quantitative estimate of drug-likeness (QED) is 0.220. The van der Waals surface area contributed by atoms with Gasteiger partial charge in [-0.15, -0.1) is 11.8 Å². The van der Waals surface area contributed by atoms with E-state index in [1.165, 1.54) is 0 Å². The molecule has 0 unspecified atom stereocenters. The highest BCUT2D eigenvalue weighted by molar-refractivity contribution is 7.98. The van der Waals surface area contributed by atoms with E-state index in [1.54, 1.807) is 49.5 Å². The smallest absolute Gasteiger partial charge is 0.185 e. The van der Waals surface area contributed by atoms with Crippen LogP contribution in [0.15, 0.2) is 90.2 Å². The second kappa shape index (κ2) is 9.45.